The van der Waals surface area contributed by atoms with E-state index in [1.165, 1.54) is 10.4 Å². The number of nitrogens with one attached hydrogen (secondary N) is 1. The Hall–Kier alpha value is -1.43. The van der Waals surface area contributed by atoms with Gasteiger partial charge in [0.2, 0.25) is 0 Å². The van der Waals surface area contributed by atoms with E-state index in [0.717, 1.165) is 37.8 Å². The monoisotopic (exact) mass is 305 g/mol. The van der Waals surface area contributed by atoms with Gasteiger partial charge in [-0.3, -0.25) is 0 Å². The first-order valence-electron chi connectivity index (χ1n) is 7.19. The fourth-order valence-corrected chi connectivity index (χ4v) is 2.85. The molecule has 4 nitrogen and oxygen atoms in total. The van der Waals surface area contributed by atoms with Crippen LogP contribution in [0.5, 0.6) is 0 Å². The maximum absolute atomic E-state index is 5.01. The van der Waals surface area contributed by atoms with Gasteiger partial charge in [0.15, 0.2) is 5.13 Å². The van der Waals surface area contributed by atoms with E-state index in [1.807, 2.05) is 6.20 Å². The Balaban J connectivity index is 1.77. The smallest absolute Gasteiger partial charge is 0.185 e. The van der Waals surface area contributed by atoms with Crippen LogP contribution in [-0.4, -0.2) is 38.8 Å². The summed E-state index contributed by atoms with van der Waals surface area (Å²) in [6.45, 7) is 3.44. The molecule has 1 aromatic carbocycles. The van der Waals surface area contributed by atoms with Crippen molar-refractivity contribution < 1.29 is 4.74 Å². The quantitative estimate of drug-likeness (QED) is 0.723. The van der Waals surface area contributed by atoms with Crippen molar-refractivity contribution in [1.29, 1.82) is 0 Å². The van der Waals surface area contributed by atoms with Gasteiger partial charge in [-0.05, 0) is 12.0 Å². The average molecular weight is 305 g/mol. The molecule has 1 heterocycles. The van der Waals surface area contributed by atoms with E-state index < -0.39 is 0 Å². The maximum Gasteiger partial charge on any atom is 0.185 e. The van der Waals surface area contributed by atoms with Crippen LogP contribution < -0.4 is 10.2 Å². The average Bonchev–Trinajstić information content (AvgIpc) is 2.99. The molecular formula is C16H23N3OS. The third kappa shape index (κ3) is 5.46. The predicted octanol–water partition coefficient (Wildman–Crippen LogP) is 2.56. The fourth-order valence-electron chi connectivity index (χ4n) is 1.98. The highest BCUT2D eigenvalue weighted by atomic mass is 32.1. The van der Waals surface area contributed by atoms with Gasteiger partial charge >= 0.3 is 0 Å². The van der Waals surface area contributed by atoms with Gasteiger partial charge < -0.3 is 15.0 Å². The number of hydrogen-bond donors (Lipinski definition) is 1. The summed E-state index contributed by atoms with van der Waals surface area (Å²) in [5, 5.41) is 4.42. The zero-order valence-electron chi connectivity index (χ0n) is 12.7. The van der Waals surface area contributed by atoms with Crippen LogP contribution in [0.1, 0.15) is 10.4 Å². The summed E-state index contributed by atoms with van der Waals surface area (Å²) >= 11 is 1.75. The number of ether oxygens (including phenoxy) is 1. The number of nitrogens with zero attached hydrogens (tertiary/aromatic N) is 2. The molecule has 2 aromatic rings. The summed E-state index contributed by atoms with van der Waals surface area (Å²) in [4.78, 5) is 7.98. The van der Waals surface area contributed by atoms with Crippen LogP contribution in [-0.2, 0) is 17.7 Å². The Morgan fingerprint density at radius 2 is 2.10 bits per heavy atom. The molecule has 0 saturated heterocycles. The highest BCUT2D eigenvalue weighted by Gasteiger charge is 2.07. The van der Waals surface area contributed by atoms with Crippen molar-refractivity contribution in [1.82, 2.24) is 10.3 Å². The zero-order valence-corrected chi connectivity index (χ0v) is 13.5. The van der Waals surface area contributed by atoms with Gasteiger partial charge in [0, 0.05) is 44.9 Å². The van der Waals surface area contributed by atoms with Crippen molar-refractivity contribution in [2.45, 2.75) is 13.0 Å². The third-order valence-corrected chi connectivity index (χ3v) is 4.34. The molecule has 0 unspecified atom stereocenters. The van der Waals surface area contributed by atoms with Gasteiger partial charge in [0.05, 0.1) is 6.61 Å². The van der Waals surface area contributed by atoms with Crippen LogP contribution in [0.15, 0.2) is 36.5 Å². The number of likely N-dealkylation sites (N-methyl/N-ethyl adjacent to an activating group) is 1. The van der Waals surface area contributed by atoms with Crippen molar-refractivity contribution in [3.63, 3.8) is 0 Å². The lowest BCUT2D eigenvalue weighted by molar-refractivity contribution is 0.199. The number of rotatable bonds is 9. The summed E-state index contributed by atoms with van der Waals surface area (Å²) < 4.78 is 5.01. The third-order valence-electron chi connectivity index (χ3n) is 3.23. The van der Waals surface area contributed by atoms with Crippen molar-refractivity contribution in [2.75, 3.05) is 38.8 Å². The standard InChI is InChI=1S/C16H23N3OS/c1-19(10-8-14-6-4-3-5-7-14)16-18-13-15(21-16)12-17-9-11-20-2/h3-7,13,17H,8-12H2,1-2H3. The minimum absolute atomic E-state index is 0.739. The molecule has 1 aromatic heterocycles. The Bertz CT molecular complexity index is 515. The summed E-state index contributed by atoms with van der Waals surface area (Å²) in [5.41, 5.74) is 1.36. The molecule has 0 aliphatic rings. The van der Waals surface area contributed by atoms with E-state index in [4.69, 9.17) is 4.74 Å². The van der Waals surface area contributed by atoms with Crippen LogP contribution in [0.2, 0.25) is 0 Å². The first-order valence-corrected chi connectivity index (χ1v) is 8.00. The second-order valence-corrected chi connectivity index (χ2v) is 6.03. The number of aromatic nitrogens is 1. The highest BCUT2D eigenvalue weighted by molar-refractivity contribution is 7.15. The molecule has 0 radical (unpaired) electrons. The van der Waals surface area contributed by atoms with E-state index in [0.29, 0.717) is 0 Å². The Labute approximate surface area is 130 Å². The molecule has 5 heteroatoms. The van der Waals surface area contributed by atoms with Gasteiger partial charge in [0.1, 0.15) is 0 Å². The van der Waals surface area contributed by atoms with Gasteiger partial charge in [-0.25, -0.2) is 4.98 Å². The summed E-state index contributed by atoms with van der Waals surface area (Å²) in [7, 11) is 3.82. The minimum atomic E-state index is 0.739. The summed E-state index contributed by atoms with van der Waals surface area (Å²) in [6.07, 6.45) is 3.00. The SMILES string of the molecule is COCCNCc1cnc(N(C)CCc2ccccc2)s1. The number of anilines is 1. The van der Waals surface area contributed by atoms with Crippen molar-refractivity contribution in [3.8, 4) is 0 Å². The van der Waals surface area contributed by atoms with E-state index in [2.05, 4.69) is 52.6 Å². The van der Waals surface area contributed by atoms with Gasteiger partial charge in [-0.2, -0.15) is 0 Å². The lowest BCUT2D eigenvalue weighted by Gasteiger charge is -2.15. The molecule has 0 spiro atoms. The van der Waals surface area contributed by atoms with Crippen molar-refractivity contribution in [3.05, 3.63) is 47.0 Å². The van der Waals surface area contributed by atoms with E-state index >= 15 is 0 Å². The molecule has 114 valence electrons. The van der Waals surface area contributed by atoms with Crippen LogP contribution >= 0.6 is 11.3 Å². The second kappa shape index (κ2) is 8.77. The second-order valence-electron chi connectivity index (χ2n) is 4.94. The van der Waals surface area contributed by atoms with Crippen LogP contribution in [0, 0.1) is 0 Å². The first-order chi connectivity index (χ1) is 10.3. The van der Waals surface area contributed by atoms with Gasteiger partial charge in [0.25, 0.3) is 0 Å². The minimum Gasteiger partial charge on any atom is -0.383 e. The van der Waals surface area contributed by atoms with Crippen LogP contribution in [0.3, 0.4) is 0 Å². The molecule has 2 rings (SSSR count). The Morgan fingerprint density at radius 1 is 1.29 bits per heavy atom. The maximum atomic E-state index is 5.01. The van der Waals surface area contributed by atoms with Crippen LogP contribution in [0.25, 0.3) is 0 Å². The fraction of sp³-hybridized carbons (Fsp3) is 0.438. The predicted molar refractivity (Wildman–Crippen MR) is 89.1 cm³/mol. The van der Waals surface area contributed by atoms with Gasteiger partial charge in [-0.15, -0.1) is 11.3 Å². The number of methoxy groups -OCH3 is 1. The van der Waals surface area contributed by atoms with Crippen molar-refractivity contribution in [2.24, 2.45) is 0 Å². The van der Waals surface area contributed by atoms with Crippen molar-refractivity contribution >= 4 is 16.5 Å². The normalized spacial score (nSPS) is 10.8. The number of benzene rings is 1. The topological polar surface area (TPSA) is 37.4 Å². The molecule has 0 bridgehead atoms. The van der Waals surface area contributed by atoms with Crippen LogP contribution in [0.4, 0.5) is 5.13 Å². The summed E-state index contributed by atoms with van der Waals surface area (Å²) in [5.74, 6) is 0. The molecule has 0 fully saturated rings. The molecule has 1 N–H and O–H groups in total. The largest absolute Gasteiger partial charge is 0.383 e. The van der Waals surface area contributed by atoms with Gasteiger partial charge in [-0.1, -0.05) is 30.3 Å². The molecule has 0 aliphatic carbocycles. The lowest BCUT2D eigenvalue weighted by atomic mass is 10.1. The molecule has 0 saturated carbocycles. The van der Waals surface area contributed by atoms with E-state index in [9.17, 15) is 0 Å². The molecule has 0 atom stereocenters. The first kappa shape index (κ1) is 15.9. The Morgan fingerprint density at radius 3 is 2.86 bits per heavy atom. The lowest BCUT2D eigenvalue weighted by Crippen LogP contribution is -2.20. The molecule has 0 aliphatic heterocycles. The number of thiazole rings is 1. The number of hydrogen-bond acceptors (Lipinski definition) is 5. The highest BCUT2D eigenvalue weighted by Crippen LogP contribution is 2.21. The summed E-state index contributed by atoms with van der Waals surface area (Å²) in [6, 6.07) is 10.6. The zero-order chi connectivity index (χ0) is 14.9. The Kier molecular flexibility index (Phi) is 6.66. The molecule has 21 heavy (non-hydrogen) atoms. The molecule has 0 amide bonds. The molecular weight excluding hydrogens is 282 g/mol. The van der Waals surface area contributed by atoms with E-state index in [1.54, 1.807) is 18.4 Å². The van der Waals surface area contributed by atoms with E-state index in [-0.39, 0.29) is 0 Å².